The Labute approximate surface area is 171 Å². The van der Waals surface area contributed by atoms with E-state index in [4.69, 9.17) is 4.74 Å². The first kappa shape index (κ1) is 19.8. The first-order valence-electron chi connectivity index (χ1n) is 10.4. The second-order valence-electron chi connectivity index (χ2n) is 7.97. The van der Waals surface area contributed by atoms with Gasteiger partial charge in [-0.3, -0.25) is 14.5 Å². The maximum atomic E-state index is 12.6. The third kappa shape index (κ3) is 4.26. The zero-order chi connectivity index (χ0) is 20.2. The molecule has 2 fully saturated rings. The van der Waals surface area contributed by atoms with Gasteiger partial charge in [0.05, 0.1) is 31.1 Å². The molecular formula is C24H27NO4. The Bertz CT molecular complexity index is 775. The lowest BCUT2D eigenvalue weighted by Gasteiger charge is -2.23. The summed E-state index contributed by atoms with van der Waals surface area (Å²) in [6.07, 6.45) is 2.31. The first-order valence-corrected chi connectivity index (χ1v) is 10.4. The second kappa shape index (κ2) is 8.89. The molecule has 0 aromatic heterocycles. The predicted octanol–water partition coefficient (Wildman–Crippen LogP) is 3.33. The van der Waals surface area contributed by atoms with E-state index in [1.165, 1.54) is 4.90 Å². The minimum Gasteiger partial charge on any atom is -0.389 e. The van der Waals surface area contributed by atoms with Crippen LogP contribution in [0.3, 0.4) is 0 Å². The molecule has 1 saturated heterocycles. The van der Waals surface area contributed by atoms with Crippen LogP contribution < -0.4 is 0 Å². The van der Waals surface area contributed by atoms with Gasteiger partial charge in [0, 0.05) is 0 Å². The summed E-state index contributed by atoms with van der Waals surface area (Å²) in [5.41, 5.74) is 1.98. The fraction of sp³-hybridized carbons (Fsp3) is 0.417. The molecule has 1 saturated carbocycles. The number of fused-ring (bicyclic) bond motifs is 1. The van der Waals surface area contributed by atoms with E-state index in [-0.39, 0.29) is 42.9 Å². The van der Waals surface area contributed by atoms with Crippen molar-refractivity contribution in [3.63, 3.8) is 0 Å². The van der Waals surface area contributed by atoms with E-state index in [1.54, 1.807) is 0 Å². The molecule has 2 aromatic carbocycles. The Hall–Kier alpha value is -2.50. The molecule has 0 spiro atoms. The van der Waals surface area contributed by atoms with Crippen LogP contribution in [0, 0.1) is 11.8 Å². The Balaban J connectivity index is 1.41. The zero-order valence-electron chi connectivity index (χ0n) is 16.4. The Morgan fingerprint density at radius 3 is 1.83 bits per heavy atom. The van der Waals surface area contributed by atoms with Crippen molar-refractivity contribution in [2.75, 3.05) is 13.2 Å². The third-order valence-corrected chi connectivity index (χ3v) is 5.99. The van der Waals surface area contributed by atoms with Gasteiger partial charge < -0.3 is 9.84 Å². The monoisotopic (exact) mass is 393 g/mol. The summed E-state index contributed by atoms with van der Waals surface area (Å²) in [5, 5.41) is 10.6. The van der Waals surface area contributed by atoms with Crippen LogP contribution in [0.4, 0.5) is 0 Å². The van der Waals surface area contributed by atoms with Gasteiger partial charge in [-0.05, 0) is 24.0 Å². The summed E-state index contributed by atoms with van der Waals surface area (Å²) in [4.78, 5) is 26.5. The van der Waals surface area contributed by atoms with Crippen LogP contribution in [0.2, 0.25) is 0 Å². The molecule has 29 heavy (non-hydrogen) atoms. The smallest absolute Gasteiger partial charge is 0.233 e. The van der Waals surface area contributed by atoms with Crippen molar-refractivity contribution >= 4 is 11.8 Å². The van der Waals surface area contributed by atoms with Crippen LogP contribution >= 0.6 is 0 Å². The molecule has 4 rings (SSSR count). The number of hydrogen-bond donors (Lipinski definition) is 1. The molecule has 2 aliphatic rings. The van der Waals surface area contributed by atoms with Gasteiger partial charge in [-0.2, -0.15) is 0 Å². The summed E-state index contributed by atoms with van der Waals surface area (Å²) < 4.78 is 6.08. The Kier molecular flexibility index (Phi) is 6.07. The highest BCUT2D eigenvalue weighted by Gasteiger charge is 2.48. The number of aliphatic hydroxyl groups excluding tert-OH is 1. The number of ether oxygens (including phenoxy) is 1. The van der Waals surface area contributed by atoms with Crippen LogP contribution in [0.15, 0.2) is 60.7 Å². The van der Waals surface area contributed by atoms with Gasteiger partial charge in [0.2, 0.25) is 11.8 Å². The number of carbonyl (C=O) groups excluding carboxylic acids is 2. The van der Waals surface area contributed by atoms with Gasteiger partial charge in [0.25, 0.3) is 0 Å². The summed E-state index contributed by atoms with van der Waals surface area (Å²) in [6, 6.07) is 19.7. The maximum Gasteiger partial charge on any atom is 0.233 e. The molecule has 1 N–H and O–H groups in total. The van der Waals surface area contributed by atoms with Crippen LogP contribution in [0.25, 0.3) is 0 Å². The van der Waals surface area contributed by atoms with Crippen LogP contribution in [0.5, 0.6) is 0 Å². The molecule has 1 aliphatic carbocycles. The lowest BCUT2D eigenvalue weighted by atomic mass is 9.81. The molecule has 2 aromatic rings. The number of nitrogens with zero attached hydrogens (tertiary/aromatic N) is 1. The highest BCUT2D eigenvalue weighted by molar-refractivity contribution is 6.05. The van der Waals surface area contributed by atoms with E-state index in [0.29, 0.717) is 0 Å². The van der Waals surface area contributed by atoms with E-state index in [2.05, 4.69) is 0 Å². The molecule has 0 unspecified atom stereocenters. The predicted molar refractivity (Wildman–Crippen MR) is 109 cm³/mol. The molecule has 0 bridgehead atoms. The van der Waals surface area contributed by atoms with E-state index in [0.717, 1.165) is 36.8 Å². The largest absolute Gasteiger partial charge is 0.389 e. The van der Waals surface area contributed by atoms with Gasteiger partial charge in [-0.1, -0.05) is 73.5 Å². The van der Waals surface area contributed by atoms with Gasteiger partial charge in [0.1, 0.15) is 6.10 Å². The number of likely N-dealkylation sites (tertiary alicyclic amines) is 1. The van der Waals surface area contributed by atoms with Gasteiger partial charge >= 0.3 is 0 Å². The highest BCUT2D eigenvalue weighted by atomic mass is 16.5. The topological polar surface area (TPSA) is 66.8 Å². The SMILES string of the molecule is O=C1[C@@H]2CCCC[C@H]2C(=O)N1C[C@@H](O)COC(c1ccccc1)c1ccccc1. The molecule has 3 atom stereocenters. The van der Waals surface area contributed by atoms with Crippen molar-refractivity contribution in [2.24, 2.45) is 11.8 Å². The number of amides is 2. The standard InChI is InChI=1S/C24H27NO4/c26-19(15-25-23(27)20-13-7-8-14-21(20)24(25)28)16-29-22(17-9-3-1-4-10-17)18-11-5-2-6-12-18/h1-6,9-12,19-22,26H,7-8,13-16H2/t19-,20-,21-/m1/s1. The number of β-amino-alcohol motifs (C(OH)–C–C–N with tert-alkyl or cyclic N) is 1. The summed E-state index contributed by atoms with van der Waals surface area (Å²) in [5.74, 6) is -0.626. The lowest BCUT2D eigenvalue weighted by Crippen LogP contribution is -2.39. The average molecular weight is 393 g/mol. The molecule has 1 aliphatic heterocycles. The Morgan fingerprint density at radius 1 is 0.862 bits per heavy atom. The van der Waals surface area contributed by atoms with Crippen molar-refractivity contribution in [3.05, 3.63) is 71.8 Å². The second-order valence-corrected chi connectivity index (χ2v) is 7.97. The van der Waals surface area contributed by atoms with Crippen molar-refractivity contribution in [2.45, 2.75) is 37.9 Å². The van der Waals surface area contributed by atoms with Crippen LogP contribution in [-0.2, 0) is 14.3 Å². The number of rotatable bonds is 7. The molecular weight excluding hydrogens is 366 g/mol. The fourth-order valence-corrected chi connectivity index (χ4v) is 4.52. The summed E-state index contributed by atoms with van der Waals surface area (Å²) in [6.45, 7) is 0.0435. The van der Waals surface area contributed by atoms with Crippen LogP contribution in [0.1, 0.15) is 42.9 Å². The van der Waals surface area contributed by atoms with Crippen molar-refractivity contribution in [3.8, 4) is 0 Å². The highest BCUT2D eigenvalue weighted by Crippen LogP contribution is 2.38. The van der Waals surface area contributed by atoms with E-state index >= 15 is 0 Å². The summed E-state index contributed by atoms with van der Waals surface area (Å²) >= 11 is 0. The fourth-order valence-electron chi connectivity index (χ4n) is 4.52. The number of imide groups is 1. The number of hydrogen-bond acceptors (Lipinski definition) is 4. The lowest BCUT2D eigenvalue weighted by molar-refractivity contribution is -0.142. The zero-order valence-corrected chi connectivity index (χ0v) is 16.4. The quantitative estimate of drug-likeness (QED) is 0.733. The molecule has 5 heteroatoms. The van der Waals surface area contributed by atoms with Crippen molar-refractivity contribution in [1.82, 2.24) is 4.90 Å². The average Bonchev–Trinajstić information content (AvgIpc) is 3.00. The van der Waals surface area contributed by atoms with E-state index in [1.807, 2.05) is 60.7 Å². The van der Waals surface area contributed by atoms with Crippen LogP contribution in [-0.4, -0.2) is 41.1 Å². The normalized spacial score (nSPS) is 22.8. The summed E-state index contributed by atoms with van der Waals surface area (Å²) in [7, 11) is 0. The Morgan fingerprint density at radius 2 is 1.34 bits per heavy atom. The third-order valence-electron chi connectivity index (χ3n) is 5.99. The van der Waals surface area contributed by atoms with E-state index < -0.39 is 6.10 Å². The van der Waals surface area contributed by atoms with Crippen molar-refractivity contribution in [1.29, 1.82) is 0 Å². The first-order chi connectivity index (χ1) is 14.1. The number of aliphatic hydroxyl groups is 1. The van der Waals surface area contributed by atoms with Gasteiger partial charge in [-0.25, -0.2) is 0 Å². The number of carbonyl (C=O) groups is 2. The minimum atomic E-state index is -0.919. The molecule has 2 amide bonds. The van der Waals surface area contributed by atoms with E-state index in [9.17, 15) is 14.7 Å². The molecule has 0 radical (unpaired) electrons. The van der Waals surface area contributed by atoms with Crippen molar-refractivity contribution < 1.29 is 19.4 Å². The minimum absolute atomic E-state index is 0.000958. The molecule has 1 heterocycles. The molecule has 152 valence electrons. The molecule has 5 nitrogen and oxygen atoms in total. The van der Waals surface area contributed by atoms with Gasteiger partial charge in [0.15, 0.2) is 0 Å². The van der Waals surface area contributed by atoms with Gasteiger partial charge in [-0.15, -0.1) is 0 Å². The number of benzene rings is 2. The maximum absolute atomic E-state index is 12.6.